The topological polar surface area (TPSA) is 42.7 Å². The molecule has 0 saturated carbocycles. The molecule has 0 aliphatic rings. The Morgan fingerprint density at radius 2 is 1.89 bits per heavy atom. The van der Waals surface area contributed by atoms with E-state index >= 15 is 0 Å². The minimum absolute atomic E-state index is 0.397. The van der Waals surface area contributed by atoms with E-state index in [1.807, 2.05) is 49.9 Å². The van der Waals surface area contributed by atoms with Gasteiger partial charge in [-0.25, -0.2) is 9.97 Å². The SMILES string of the molecule is CC.Cc1nccn1-c1ccc(NC(C)C)nc1. The van der Waals surface area contributed by atoms with Crippen LogP contribution >= 0.6 is 0 Å². The monoisotopic (exact) mass is 246 g/mol. The summed E-state index contributed by atoms with van der Waals surface area (Å²) in [5, 5.41) is 3.26. The van der Waals surface area contributed by atoms with Gasteiger partial charge in [0.05, 0.1) is 11.9 Å². The highest BCUT2D eigenvalue weighted by molar-refractivity contribution is 5.41. The van der Waals surface area contributed by atoms with Crippen LogP contribution in [0.1, 0.15) is 33.5 Å². The highest BCUT2D eigenvalue weighted by Gasteiger charge is 2.01. The number of hydrogen-bond acceptors (Lipinski definition) is 3. The molecule has 0 saturated heterocycles. The number of aromatic nitrogens is 3. The average Bonchev–Trinajstić information content (AvgIpc) is 2.78. The van der Waals surface area contributed by atoms with Crippen LogP contribution in [-0.4, -0.2) is 20.6 Å². The molecule has 2 aromatic rings. The molecule has 2 heterocycles. The van der Waals surface area contributed by atoms with Crippen LogP contribution in [0.2, 0.25) is 0 Å². The lowest BCUT2D eigenvalue weighted by Gasteiger charge is -2.10. The Morgan fingerprint density at radius 1 is 1.17 bits per heavy atom. The molecule has 2 rings (SSSR count). The first kappa shape index (κ1) is 14.2. The van der Waals surface area contributed by atoms with Crippen LogP contribution in [0, 0.1) is 6.92 Å². The van der Waals surface area contributed by atoms with Gasteiger partial charge in [0, 0.05) is 18.4 Å². The van der Waals surface area contributed by atoms with Crippen LogP contribution in [0.5, 0.6) is 0 Å². The molecule has 0 spiro atoms. The fourth-order valence-electron chi connectivity index (χ4n) is 1.56. The zero-order valence-corrected chi connectivity index (χ0v) is 11.8. The number of nitrogens with zero attached hydrogens (tertiary/aromatic N) is 3. The standard InChI is InChI=1S/C12H16N4.C2H6/c1-9(2)15-12-5-4-11(8-14-12)16-7-6-13-10(16)3;1-2/h4-9H,1-3H3,(H,14,15);1-2H3. The van der Waals surface area contributed by atoms with Gasteiger partial charge in [0.25, 0.3) is 0 Å². The lowest BCUT2D eigenvalue weighted by Crippen LogP contribution is -2.11. The molecule has 0 atom stereocenters. The van der Waals surface area contributed by atoms with Gasteiger partial charge in [-0.05, 0) is 32.9 Å². The Morgan fingerprint density at radius 3 is 2.33 bits per heavy atom. The zero-order chi connectivity index (χ0) is 13.5. The van der Waals surface area contributed by atoms with Crippen molar-refractivity contribution >= 4 is 5.82 Å². The van der Waals surface area contributed by atoms with Gasteiger partial charge in [0.15, 0.2) is 0 Å². The molecule has 0 fully saturated rings. The minimum Gasteiger partial charge on any atom is -0.368 e. The van der Waals surface area contributed by atoms with Gasteiger partial charge in [-0.15, -0.1) is 0 Å². The van der Waals surface area contributed by atoms with Gasteiger partial charge in [-0.1, -0.05) is 13.8 Å². The van der Waals surface area contributed by atoms with Crippen molar-refractivity contribution in [2.75, 3.05) is 5.32 Å². The molecule has 0 amide bonds. The summed E-state index contributed by atoms with van der Waals surface area (Å²) in [7, 11) is 0. The molecule has 0 aliphatic heterocycles. The van der Waals surface area contributed by atoms with Crippen LogP contribution in [0.25, 0.3) is 5.69 Å². The van der Waals surface area contributed by atoms with E-state index in [-0.39, 0.29) is 0 Å². The first-order valence-corrected chi connectivity index (χ1v) is 6.40. The van der Waals surface area contributed by atoms with Crippen molar-refractivity contribution in [2.24, 2.45) is 0 Å². The van der Waals surface area contributed by atoms with Crippen molar-refractivity contribution in [1.82, 2.24) is 14.5 Å². The molecule has 4 heteroatoms. The van der Waals surface area contributed by atoms with Crippen LogP contribution in [-0.2, 0) is 0 Å². The van der Waals surface area contributed by atoms with E-state index in [1.165, 1.54) is 0 Å². The smallest absolute Gasteiger partial charge is 0.126 e. The molecule has 1 N–H and O–H groups in total. The van der Waals surface area contributed by atoms with Crippen LogP contribution in [0.3, 0.4) is 0 Å². The normalized spacial score (nSPS) is 9.89. The number of rotatable bonds is 3. The van der Waals surface area contributed by atoms with Crippen molar-refractivity contribution in [3.8, 4) is 5.69 Å². The predicted octanol–water partition coefficient (Wildman–Crippen LogP) is 3.42. The summed E-state index contributed by atoms with van der Waals surface area (Å²) in [6, 6.07) is 4.41. The summed E-state index contributed by atoms with van der Waals surface area (Å²) in [5.74, 6) is 1.86. The van der Waals surface area contributed by atoms with Crippen LogP contribution in [0.15, 0.2) is 30.7 Å². The molecule has 0 radical (unpaired) electrons. The lowest BCUT2D eigenvalue weighted by atomic mass is 10.3. The zero-order valence-electron chi connectivity index (χ0n) is 11.8. The molecule has 0 aliphatic carbocycles. The Labute approximate surface area is 109 Å². The van der Waals surface area contributed by atoms with Gasteiger partial charge >= 0.3 is 0 Å². The largest absolute Gasteiger partial charge is 0.368 e. The number of hydrogen-bond donors (Lipinski definition) is 1. The third kappa shape index (κ3) is 3.58. The van der Waals surface area contributed by atoms with Crippen molar-refractivity contribution in [2.45, 2.75) is 40.7 Å². The van der Waals surface area contributed by atoms with Crippen LogP contribution < -0.4 is 5.32 Å². The van der Waals surface area contributed by atoms with Crippen molar-refractivity contribution in [3.63, 3.8) is 0 Å². The molecule has 2 aromatic heterocycles. The van der Waals surface area contributed by atoms with Crippen LogP contribution in [0.4, 0.5) is 5.82 Å². The summed E-state index contributed by atoms with van der Waals surface area (Å²) < 4.78 is 2.01. The van der Waals surface area contributed by atoms with E-state index in [4.69, 9.17) is 0 Å². The Hall–Kier alpha value is -1.84. The van der Waals surface area contributed by atoms with E-state index in [9.17, 15) is 0 Å². The van der Waals surface area contributed by atoms with Gasteiger partial charge < -0.3 is 9.88 Å². The lowest BCUT2D eigenvalue weighted by molar-refractivity contribution is 0.886. The third-order valence-electron chi connectivity index (χ3n) is 2.29. The number of pyridine rings is 1. The second-order valence-corrected chi connectivity index (χ2v) is 4.05. The predicted molar refractivity (Wildman–Crippen MR) is 76.2 cm³/mol. The molecule has 0 bridgehead atoms. The third-order valence-corrected chi connectivity index (χ3v) is 2.29. The number of nitrogens with one attached hydrogen (secondary N) is 1. The minimum atomic E-state index is 0.397. The van der Waals surface area contributed by atoms with E-state index in [2.05, 4.69) is 29.1 Å². The van der Waals surface area contributed by atoms with Gasteiger partial charge in [0.2, 0.25) is 0 Å². The second kappa shape index (κ2) is 6.79. The van der Waals surface area contributed by atoms with Gasteiger partial charge in [0.1, 0.15) is 11.6 Å². The number of anilines is 1. The molecule has 18 heavy (non-hydrogen) atoms. The van der Waals surface area contributed by atoms with Crippen molar-refractivity contribution in [1.29, 1.82) is 0 Å². The van der Waals surface area contributed by atoms with E-state index < -0.39 is 0 Å². The summed E-state index contributed by atoms with van der Waals surface area (Å²) in [6.07, 6.45) is 5.57. The average molecular weight is 246 g/mol. The molecule has 4 nitrogen and oxygen atoms in total. The maximum atomic E-state index is 4.36. The van der Waals surface area contributed by atoms with Gasteiger partial charge in [-0.2, -0.15) is 0 Å². The quantitative estimate of drug-likeness (QED) is 0.902. The Bertz CT molecular complexity index is 457. The molecule has 0 aromatic carbocycles. The van der Waals surface area contributed by atoms with Crippen molar-refractivity contribution in [3.05, 3.63) is 36.5 Å². The first-order chi connectivity index (χ1) is 8.66. The van der Waals surface area contributed by atoms with E-state index in [0.717, 1.165) is 17.3 Å². The van der Waals surface area contributed by atoms with Gasteiger partial charge in [-0.3, -0.25) is 0 Å². The number of imidazole rings is 1. The fourth-order valence-corrected chi connectivity index (χ4v) is 1.56. The van der Waals surface area contributed by atoms with E-state index in [1.54, 1.807) is 6.20 Å². The Kier molecular flexibility index (Phi) is 5.36. The number of aryl methyl sites for hydroxylation is 1. The van der Waals surface area contributed by atoms with E-state index in [0.29, 0.717) is 6.04 Å². The summed E-state index contributed by atoms with van der Waals surface area (Å²) >= 11 is 0. The molecule has 0 unspecified atom stereocenters. The first-order valence-electron chi connectivity index (χ1n) is 6.40. The fraction of sp³-hybridized carbons (Fsp3) is 0.429. The second-order valence-electron chi connectivity index (χ2n) is 4.05. The Balaban J connectivity index is 0.000000771. The molecule has 98 valence electrons. The van der Waals surface area contributed by atoms with Crippen molar-refractivity contribution < 1.29 is 0 Å². The molecular weight excluding hydrogens is 224 g/mol. The highest BCUT2D eigenvalue weighted by Crippen LogP contribution is 2.12. The highest BCUT2D eigenvalue weighted by atomic mass is 15.1. The summed E-state index contributed by atoms with van der Waals surface area (Å²) in [6.45, 7) is 10.2. The molecular formula is C14H22N4. The summed E-state index contributed by atoms with van der Waals surface area (Å²) in [5.41, 5.74) is 1.03. The summed E-state index contributed by atoms with van der Waals surface area (Å²) in [4.78, 5) is 8.54. The maximum Gasteiger partial charge on any atom is 0.126 e. The maximum absolute atomic E-state index is 4.36.